The van der Waals surface area contributed by atoms with E-state index in [0.29, 0.717) is 23.6 Å². The van der Waals surface area contributed by atoms with Crippen molar-refractivity contribution < 1.29 is 14.3 Å². The summed E-state index contributed by atoms with van der Waals surface area (Å²) < 4.78 is 4.79. The first-order valence-electron chi connectivity index (χ1n) is 5.47. The highest BCUT2D eigenvalue weighted by molar-refractivity contribution is 7.80. The normalized spacial score (nSPS) is 9.89. The van der Waals surface area contributed by atoms with E-state index in [0.717, 1.165) is 0 Å². The van der Waals surface area contributed by atoms with E-state index in [4.69, 9.17) is 4.74 Å². The Kier molecular flexibility index (Phi) is 6.24. The molecule has 0 aliphatic heterocycles. The number of hydrogen-bond acceptors (Lipinski definition) is 4. The summed E-state index contributed by atoms with van der Waals surface area (Å²) in [4.78, 5) is 23.7. The van der Waals surface area contributed by atoms with E-state index in [9.17, 15) is 9.59 Å². The van der Waals surface area contributed by atoms with Gasteiger partial charge in [-0.05, 0) is 12.1 Å². The molecule has 5 nitrogen and oxygen atoms in total. The number of benzene rings is 1. The van der Waals surface area contributed by atoms with Crippen LogP contribution in [-0.4, -0.2) is 38.6 Å². The molecule has 0 aliphatic rings. The van der Waals surface area contributed by atoms with Crippen LogP contribution in [0.3, 0.4) is 0 Å². The molecule has 2 amide bonds. The Morgan fingerprint density at radius 3 is 2.67 bits per heavy atom. The summed E-state index contributed by atoms with van der Waals surface area (Å²) >= 11 is 4.17. The molecule has 2 N–H and O–H groups in total. The molecule has 18 heavy (non-hydrogen) atoms. The van der Waals surface area contributed by atoms with E-state index in [1.165, 1.54) is 0 Å². The van der Waals surface area contributed by atoms with Crippen LogP contribution in [-0.2, 0) is 9.53 Å². The molecule has 0 aliphatic carbocycles. The van der Waals surface area contributed by atoms with Gasteiger partial charge in [-0.25, -0.2) is 0 Å². The van der Waals surface area contributed by atoms with Crippen LogP contribution in [0.15, 0.2) is 29.2 Å². The number of rotatable bonds is 6. The van der Waals surface area contributed by atoms with Gasteiger partial charge in [0.1, 0.15) is 0 Å². The third-order valence-corrected chi connectivity index (χ3v) is 2.58. The van der Waals surface area contributed by atoms with Gasteiger partial charge in [-0.3, -0.25) is 9.59 Å². The Balaban J connectivity index is 2.38. The molecule has 98 valence electrons. The smallest absolute Gasteiger partial charge is 0.252 e. The summed E-state index contributed by atoms with van der Waals surface area (Å²) in [7, 11) is 1.55. The van der Waals surface area contributed by atoms with Gasteiger partial charge < -0.3 is 15.4 Å². The quantitative estimate of drug-likeness (QED) is 0.519. The number of carbonyl (C=O) groups excluding carboxylic acids is 2. The lowest BCUT2D eigenvalue weighted by Gasteiger charge is -2.07. The van der Waals surface area contributed by atoms with E-state index in [2.05, 4.69) is 23.3 Å². The Morgan fingerprint density at radius 2 is 2.00 bits per heavy atom. The molecule has 0 unspecified atom stereocenters. The van der Waals surface area contributed by atoms with Crippen molar-refractivity contribution in [1.29, 1.82) is 0 Å². The topological polar surface area (TPSA) is 67.4 Å². The van der Waals surface area contributed by atoms with E-state index in [-0.39, 0.29) is 18.4 Å². The molecule has 0 atom stereocenters. The Labute approximate surface area is 111 Å². The zero-order chi connectivity index (χ0) is 13.4. The summed E-state index contributed by atoms with van der Waals surface area (Å²) in [5.74, 6) is -0.570. The first-order valence-corrected chi connectivity index (χ1v) is 5.91. The largest absolute Gasteiger partial charge is 0.383 e. The van der Waals surface area contributed by atoms with Crippen LogP contribution < -0.4 is 10.6 Å². The molecule has 0 heterocycles. The third-order valence-electron chi connectivity index (χ3n) is 2.19. The van der Waals surface area contributed by atoms with Crippen LogP contribution in [0, 0.1) is 0 Å². The summed E-state index contributed by atoms with van der Waals surface area (Å²) in [5.41, 5.74) is 0.450. The minimum absolute atomic E-state index is 0.0648. The van der Waals surface area contributed by atoms with E-state index < -0.39 is 0 Å². The van der Waals surface area contributed by atoms with E-state index in [1.54, 1.807) is 31.4 Å². The molecule has 0 bridgehead atoms. The Hall–Kier alpha value is -1.53. The second-order valence-corrected chi connectivity index (χ2v) is 4.02. The monoisotopic (exact) mass is 268 g/mol. The minimum atomic E-state index is -0.317. The molecule has 0 saturated heterocycles. The maximum absolute atomic E-state index is 11.7. The van der Waals surface area contributed by atoms with E-state index in [1.807, 2.05) is 0 Å². The maximum atomic E-state index is 11.7. The van der Waals surface area contributed by atoms with Gasteiger partial charge in [-0.15, -0.1) is 12.6 Å². The molecule has 1 aromatic rings. The van der Waals surface area contributed by atoms with Crippen molar-refractivity contribution >= 4 is 24.4 Å². The van der Waals surface area contributed by atoms with Crippen LogP contribution in [0.5, 0.6) is 0 Å². The van der Waals surface area contributed by atoms with Gasteiger partial charge in [0, 0.05) is 18.6 Å². The molecule has 0 radical (unpaired) electrons. The second kappa shape index (κ2) is 7.73. The van der Waals surface area contributed by atoms with Gasteiger partial charge in [0.15, 0.2) is 0 Å². The lowest BCUT2D eigenvalue weighted by atomic mass is 10.2. The number of nitrogens with one attached hydrogen (secondary N) is 2. The fourth-order valence-electron chi connectivity index (χ4n) is 1.28. The molecular formula is C12H16N2O3S. The molecule has 0 aromatic heterocycles. The fourth-order valence-corrected chi connectivity index (χ4v) is 1.54. The van der Waals surface area contributed by atoms with Gasteiger partial charge in [-0.2, -0.15) is 0 Å². The number of thiol groups is 1. The zero-order valence-electron chi connectivity index (χ0n) is 10.1. The molecule has 0 spiro atoms. The number of hydrogen-bond donors (Lipinski definition) is 3. The number of ether oxygens (including phenoxy) is 1. The van der Waals surface area contributed by atoms with Crippen LogP contribution in [0.2, 0.25) is 0 Å². The van der Waals surface area contributed by atoms with Gasteiger partial charge in [-0.1, -0.05) is 12.1 Å². The minimum Gasteiger partial charge on any atom is -0.383 e. The predicted molar refractivity (Wildman–Crippen MR) is 70.9 cm³/mol. The molecule has 1 aromatic carbocycles. The van der Waals surface area contributed by atoms with Gasteiger partial charge >= 0.3 is 0 Å². The molecule has 6 heteroatoms. The molecule has 0 saturated carbocycles. The van der Waals surface area contributed by atoms with Crippen LogP contribution in [0.1, 0.15) is 10.4 Å². The lowest BCUT2D eigenvalue weighted by Crippen LogP contribution is -2.38. The van der Waals surface area contributed by atoms with Crippen molar-refractivity contribution in [1.82, 2.24) is 10.6 Å². The standard InChI is InChI=1S/C12H16N2O3S/c1-17-7-6-13-11(15)8-14-12(16)9-4-2-3-5-10(9)18/h2-5,18H,6-8H2,1H3,(H,13,15)(H,14,16). The number of amides is 2. The van der Waals surface area contributed by atoms with Gasteiger partial charge in [0.05, 0.1) is 18.7 Å². The number of carbonyl (C=O) groups is 2. The molecular weight excluding hydrogens is 252 g/mol. The highest BCUT2D eigenvalue weighted by Crippen LogP contribution is 2.12. The van der Waals surface area contributed by atoms with Crippen molar-refractivity contribution in [2.75, 3.05) is 26.8 Å². The number of methoxy groups -OCH3 is 1. The molecule has 1 rings (SSSR count). The average Bonchev–Trinajstić information content (AvgIpc) is 2.37. The SMILES string of the molecule is COCCNC(=O)CNC(=O)c1ccccc1S. The lowest BCUT2D eigenvalue weighted by molar-refractivity contribution is -0.120. The maximum Gasteiger partial charge on any atom is 0.252 e. The first kappa shape index (κ1) is 14.5. The van der Waals surface area contributed by atoms with Crippen molar-refractivity contribution in [3.8, 4) is 0 Å². The zero-order valence-corrected chi connectivity index (χ0v) is 11.0. The van der Waals surface area contributed by atoms with Crippen LogP contribution >= 0.6 is 12.6 Å². The van der Waals surface area contributed by atoms with Crippen molar-refractivity contribution in [3.05, 3.63) is 29.8 Å². The Morgan fingerprint density at radius 1 is 1.28 bits per heavy atom. The van der Waals surface area contributed by atoms with Gasteiger partial charge in [0.2, 0.25) is 5.91 Å². The van der Waals surface area contributed by atoms with Crippen molar-refractivity contribution in [2.24, 2.45) is 0 Å². The van der Waals surface area contributed by atoms with Crippen LogP contribution in [0.4, 0.5) is 0 Å². The fraction of sp³-hybridized carbons (Fsp3) is 0.333. The highest BCUT2D eigenvalue weighted by Gasteiger charge is 2.09. The molecule has 0 fully saturated rings. The Bertz CT molecular complexity index is 424. The second-order valence-electron chi connectivity index (χ2n) is 3.54. The summed E-state index contributed by atoms with van der Waals surface area (Å²) in [6.07, 6.45) is 0. The van der Waals surface area contributed by atoms with E-state index >= 15 is 0 Å². The predicted octanol–water partition coefficient (Wildman–Crippen LogP) is 0.468. The first-order chi connectivity index (χ1) is 8.65. The van der Waals surface area contributed by atoms with Gasteiger partial charge in [0.25, 0.3) is 5.91 Å². The van der Waals surface area contributed by atoms with Crippen molar-refractivity contribution in [2.45, 2.75) is 4.90 Å². The highest BCUT2D eigenvalue weighted by atomic mass is 32.1. The van der Waals surface area contributed by atoms with Crippen molar-refractivity contribution in [3.63, 3.8) is 0 Å². The average molecular weight is 268 g/mol. The van der Waals surface area contributed by atoms with Crippen LogP contribution in [0.25, 0.3) is 0 Å². The summed E-state index contributed by atoms with van der Waals surface area (Å²) in [6, 6.07) is 6.90. The summed E-state index contributed by atoms with van der Waals surface area (Å²) in [5, 5.41) is 5.13. The summed E-state index contributed by atoms with van der Waals surface area (Å²) in [6.45, 7) is 0.804. The third kappa shape index (κ3) is 4.77.